The molecule has 0 spiro atoms. The first-order valence-corrected chi connectivity index (χ1v) is 5.42. The number of hydrogen-bond acceptors (Lipinski definition) is 3. The number of rotatable bonds is 4. The molecule has 0 fully saturated rings. The molecule has 0 saturated heterocycles. The minimum atomic E-state index is -0.0820. The van der Waals surface area contributed by atoms with Crippen molar-refractivity contribution in [2.75, 3.05) is 0 Å². The number of aromatic nitrogens is 2. The Balaban J connectivity index is 1.92. The van der Waals surface area contributed by atoms with Crippen LogP contribution in [0.1, 0.15) is 23.9 Å². The van der Waals surface area contributed by atoms with Gasteiger partial charge in [0.1, 0.15) is 5.82 Å². The lowest BCUT2D eigenvalue weighted by molar-refractivity contribution is 0.612. The van der Waals surface area contributed by atoms with Gasteiger partial charge in [0.2, 0.25) is 0 Å². The summed E-state index contributed by atoms with van der Waals surface area (Å²) in [6.45, 7) is 0. The molecule has 1 unspecified atom stereocenters. The molecule has 82 valence electrons. The molecule has 0 radical (unpaired) electrons. The van der Waals surface area contributed by atoms with Crippen LogP contribution < -0.4 is 5.73 Å². The van der Waals surface area contributed by atoms with Crippen molar-refractivity contribution in [3.63, 3.8) is 0 Å². The van der Waals surface area contributed by atoms with Gasteiger partial charge in [-0.1, -0.05) is 30.3 Å². The zero-order chi connectivity index (χ0) is 11.2. The van der Waals surface area contributed by atoms with Gasteiger partial charge >= 0.3 is 0 Å². The number of hydrogen-bond donors (Lipinski definition) is 1. The van der Waals surface area contributed by atoms with Gasteiger partial charge in [-0.3, -0.25) is 0 Å². The van der Waals surface area contributed by atoms with Crippen LogP contribution >= 0.6 is 0 Å². The zero-order valence-corrected chi connectivity index (χ0v) is 9.08. The Labute approximate surface area is 95.4 Å². The highest BCUT2D eigenvalue weighted by atomic mass is 14.9. The summed E-state index contributed by atoms with van der Waals surface area (Å²) in [4.78, 5) is 8.31. The normalized spacial score (nSPS) is 12.3. The molecule has 1 atom stereocenters. The van der Waals surface area contributed by atoms with Crippen LogP contribution in [0.4, 0.5) is 0 Å². The summed E-state index contributed by atoms with van der Waals surface area (Å²) in [6, 6.07) is 12.0. The smallest absolute Gasteiger partial charge is 0.144 e. The van der Waals surface area contributed by atoms with Crippen molar-refractivity contribution in [3.05, 3.63) is 60.2 Å². The Morgan fingerprint density at radius 1 is 1.00 bits per heavy atom. The van der Waals surface area contributed by atoms with E-state index >= 15 is 0 Å². The number of nitrogens with two attached hydrogens (primary N) is 1. The minimum Gasteiger partial charge on any atom is -0.321 e. The van der Waals surface area contributed by atoms with Crippen LogP contribution in [0.15, 0.2) is 48.8 Å². The monoisotopic (exact) mass is 213 g/mol. The van der Waals surface area contributed by atoms with Crippen LogP contribution in [0.2, 0.25) is 0 Å². The molecule has 0 saturated carbocycles. The summed E-state index contributed by atoms with van der Waals surface area (Å²) in [5.74, 6) is 0.721. The lowest BCUT2D eigenvalue weighted by Gasteiger charge is -2.09. The SMILES string of the molecule is NC(CCc1ccccc1)c1ncccn1. The van der Waals surface area contributed by atoms with Gasteiger partial charge < -0.3 is 5.73 Å². The molecule has 3 nitrogen and oxygen atoms in total. The summed E-state index contributed by atoms with van der Waals surface area (Å²) >= 11 is 0. The molecule has 0 aliphatic heterocycles. The molecule has 1 aromatic carbocycles. The number of nitrogens with zero attached hydrogens (tertiary/aromatic N) is 2. The van der Waals surface area contributed by atoms with E-state index in [4.69, 9.17) is 5.73 Å². The first-order chi connectivity index (χ1) is 7.86. The van der Waals surface area contributed by atoms with Gasteiger partial charge in [0.05, 0.1) is 6.04 Å². The predicted molar refractivity (Wildman–Crippen MR) is 63.7 cm³/mol. The highest BCUT2D eigenvalue weighted by Gasteiger charge is 2.07. The van der Waals surface area contributed by atoms with Crippen molar-refractivity contribution in [1.82, 2.24) is 9.97 Å². The Morgan fingerprint density at radius 3 is 2.38 bits per heavy atom. The maximum absolute atomic E-state index is 6.02. The minimum absolute atomic E-state index is 0.0820. The lowest BCUT2D eigenvalue weighted by Crippen LogP contribution is -2.14. The summed E-state index contributed by atoms with van der Waals surface area (Å²) < 4.78 is 0. The van der Waals surface area contributed by atoms with Gasteiger partial charge in [-0.15, -0.1) is 0 Å². The van der Waals surface area contributed by atoms with Crippen LogP contribution in [0.5, 0.6) is 0 Å². The first-order valence-electron chi connectivity index (χ1n) is 5.42. The second kappa shape index (κ2) is 5.37. The maximum Gasteiger partial charge on any atom is 0.144 e. The summed E-state index contributed by atoms with van der Waals surface area (Å²) in [5.41, 5.74) is 7.32. The lowest BCUT2D eigenvalue weighted by atomic mass is 10.1. The van der Waals surface area contributed by atoms with Crippen LogP contribution in [-0.4, -0.2) is 9.97 Å². The van der Waals surface area contributed by atoms with E-state index < -0.39 is 0 Å². The largest absolute Gasteiger partial charge is 0.321 e. The van der Waals surface area contributed by atoms with Gasteiger partial charge in [0, 0.05) is 12.4 Å². The van der Waals surface area contributed by atoms with Crippen molar-refractivity contribution >= 4 is 0 Å². The van der Waals surface area contributed by atoms with E-state index in [9.17, 15) is 0 Å². The molecule has 2 aromatic rings. The van der Waals surface area contributed by atoms with Crippen molar-refractivity contribution in [2.45, 2.75) is 18.9 Å². The molecule has 1 heterocycles. The van der Waals surface area contributed by atoms with Gasteiger partial charge in [-0.05, 0) is 24.5 Å². The third-order valence-corrected chi connectivity index (χ3v) is 2.50. The van der Waals surface area contributed by atoms with E-state index in [1.807, 2.05) is 18.2 Å². The average Bonchev–Trinajstić information content (AvgIpc) is 2.38. The molecule has 1 aromatic heterocycles. The fourth-order valence-electron chi connectivity index (χ4n) is 1.60. The summed E-state index contributed by atoms with van der Waals surface area (Å²) in [6.07, 6.45) is 5.28. The van der Waals surface area contributed by atoms with Gasteiger partial charge in [-0.2, -0.15) is 0 Å². The Kier molecular flexibility index (Phi) is 3.62. The molecule has 3 heteroatoms. The third kappa shape index (κ3) is 2.87. The molecular formula is C13H15N3. The van der Waals surface area contributed by atoms with E-state index in [2.05, 4.69) is 22.1 Å². The Hall–Kier alpha value is -1.74. The molecule has 0 bridgehead atoms. The highest BCUT2D eigenvalue weighted by molar-refractivity contribution is 5.15. The molecule has 2 rings (SSSR count). The molecule has 0 amide bonds. The molecule has 2 N–H and O–H groups in total. The van der Waals surface area contributed by atoms with Crippen LogP contribution in [-0.2, 0) is 6.42 Å². The summed E-state index contributed by atoms with van der Waals surface area (Å²) in [5, 5.41) is 0. The Morgan fingerprint density at radius 2 is 1.69 bits per heavy atom. The average molecular weight is 213 g/mol. The highest BCUT2D eigenvalue weighted by Crippen LogP contribution is 2.12. The van der Waals surface area contributed by atoms with E-state index in [1.165, 1.54) is 5.56 Å². The molecule has 0 aliphatic rings. The fraction of sp³-hybridized carbons (Fsp3) is 0.231. The van der Waals surface area contributed by atoms with Gasteiger partial charge in [0.15, 0.2) is 0 Å². The zero-order valence-electron chi connectivity index (χ0n) is 9.08. The van der Waals surface area contributed by atoms with Crippen molar-refractivity contribution in [3.8, 4) is 0 Å². The molecule has 16 heavy (non-hydrogen) atoms. The van der Waals surface area contributed by atoms with Crippen LogP contribution in [0.25, 0.3) is 0 Å². The van der Waals surface area contributed by atoms with E-state index in [1.54, 1.807) is 18.5 Å². The van der Waals surface area contributed by atoms with Gasteiger partial charge in [0.25, 0.3) is 0 Å². The van der Waals surface area contributed by atoms with E-state index in [0.29, 0.717) is 0 Å². The van der Waals surface area contributed by atoms with Crippen molar-refractivity contribution in [2.24, 2.45) is 5.73 Å². The molecule has 0 aliphatic carbocycles. The predicted octanol–water partition coefficient (Wildman–Crippen LogP) is 2.11. The van der Waals surface area contributed by atoms with Crippen molar-refractivity contribution < 1.29 is 0 Å². The third-order valence-electron chi connectivity index (χ3n) is 2.50. The maximum atomic E-state index is 6.02. The quantitative estimate of drug-likeness (QED) is 0.846. The second-order valence-electron chi connectivity index (χ2n) is 3.74. The van der Waals surface area contributed by atoms with Crippen LogP contribution in [0.3, 0.4) is 0 Å². The standard InChI is InChI=1S/C13H15N3/c14-12(13-15-9-4-10-16-13)8-7-11-5-2-1-3-6-11/h1-6,9-10,12H,7-8,14H2. The van der Waals surface area contributed by atoms with E-state index in [-0.39, 0.29) is 6.04 Å². The number of benzene rings is 1. The fourth-order valence-corrected chi connectivity index (χ4v) is 1.60. The number of aryl methyl sites for hydroxylation is 1. The van der Waals surface area contributed by atoms with Gasteiger partial charge in [-0.25, -0.2) is 9.97 Å². The summed E-state index contributed by atoms with van der Waals surface area (Å²) in [7, 11) is 0. The van der Waals surface area contributed by atoms with E-state index in [0.717, 1.165) is 18.7 Å². The molecular weight excluding hydrogens is 198 g/mol. The first kappa shape index (κ1) is 10.8. The topological polar surface area (TPSA) is 51.8 Å². The van der Waals surface area contributed by atoms with Crippen molar-refractivity contribution in [1.29, 1.82) is 0 Å². The Bertz CT molecular complexity index is 414. The second-order valence-corrected chi connectivity index (χ2v) is 3.74. The van der Waals surface area contributed by atoms with Crippen LogP contribution in [0, 0.1) is 0 Å².